The molecule has 0 saturated carbocycles. The highest BCUT2D eigenvalue weighted by atomic mass is 35.5. The van der Waals surface area contributed by atoms with Gasteiger partial charge in [-0.25, -0.2) is 0 Å². The average molecular weight is 490 g/mol. The predicted molar refractivity (Wildman–Crippen MR) is 144 cm³/mol. The molecule has 2 unspecified atom stereocenters. The lowest BCUT2D eigenvalue weighted by atomic mass is 10.1. The van der Waals surface area contributed by atoms with Crippen LogP contribution in [0.1, 0.15) is 24.5 Å². The van der Waals surface area contributed by atoms with E-state index in [0.29, 0.717) is 11.6 Å². The number of rotatable bonds is 6. The van der Waals surface area contributed by atoms with Crippen LogP contribution in [0.4, 0.5) is 11.4 Å². The summed E-state index contributed by atoms with van der Waals surface area (Å²) in [6.45, 7) is 8.69. The number of carbonyl (C=O) groups excluding carboxylic acids is 1. The van der Waals surface area contributed by atoms with Crippen molar-refractivity contribution in [3.8, 4) is 0 Å². The number of aryl methyl sites for hydroxylation is 1. The smallest absolute Gasteiger partial charge is 0.245 e. The number of allylic oxidation sites excluding steroid dienone is 2. The molecule has 0 bridgehead atoms. The summed E-state index contributed by atoms with van der Waals surface area (Å²) in [6.07, 6.45) is 6.27. The van der Waals surface area contributed by atoms with Crippen molar-refractivity contribution >= 4 is 34.7 Å². The van der Waals surface area contributed by atoms with Gasteiger partial charge >= 0.3 is 0 Å². The van der Waals surface area contributed by atoms with Gasteiger partial charge in [0, 0.05) is 55.3 Å². The van der Waals surface area contributed by atoms with E-state index in [1.165, 1.54) is 16.9 Å². The Kier molecular flexibility index (Phi) is 6.82. The van der Waals surface area contributed by atoms with Crippen LogP contribution < -0.4 is 15.1 Å². The molecule has 2 aromatic rings. The molecule has 182 valence electrons. The van der Waals surface area contributed by atoms with E-state index in [9.17, 15) is 4.79 Å². The lowest BCUT2D eigenvalue weighted by molar-refractivity contribution is -0.124. The number of nitrogens with one attached hydrogen (secondary N) is 1. The first-order valence-corrected chi connectivity index (χ1v) is 12.7. The predicted octanol–water partition coefficient (Wildman–Crippen LogP) is 4.45. The third-order valence-electron chi connectivity index (χ3n) is 7.02. The van der Waals surface area contributed by atoms with Gasteiger partial charge in [-0.15, -0.1) is 0 Å². The van der Waals surface area contributed by atoms with E-state index in [0.717, 1.165) is 44.0 Å². The van der Waals surface area contributed by atoms with Crippen molar-refractivity contribution in [3.05, 3.63) is 83.0 Å². The van der Waals surface area contributed by atoms with Crippen LogP contribution in [0, 0.1) is 6.92 Å². The Labute approximate surface area is 212 Å². The second kappa shape index (κ2) is 10.2. The van der Waals surface area contributed by atoms with Crippen LogP contribution in [-0.2, 0) is 11.3 Å². The molecule has 1 amide bonds. The SMILES string of the molecule is CCC1N=C2C=C(Cl)C=CN2C1C(=O)NCc1ccc(N2CCN(c3ccc(C)cc3)CC2)cc1. The number of hydrogen-bond donors (Lipinski definition) is 1. The quantitative estimate of drug-likeness (QED) is 0.651. The molecule has 1 saturated heterocycles. The van der Waals surface area contributed by atoms with E-state index >= 15 is 0 Å². The molecule has 2 atom stereocenters. The van der Waals surface area contributed by atoms with E-state index in [2.05, 4.69) is 82.5 Å². The molecule has 6 nitrogen and oxygen atoms in total. The standard InChI is InChI=1S/C28H32ClN5O/c1-3-25-27(34-13-12-22(29)18-26(34)31-25)28(35)30-19-21-6-10-24(11-7-21)33-16-14-32(15-17-33)23-8-4-20(2)5-9-23/h4-13,18,25,27H,3,14-17,19H2,1-2H3,(H,30,35). The zero-order valence-electron chi connectivity index (χ0n) is 20.3. The highest BCUT2D eigenvalue weighted by molar-refractivity contribution is 6.33. The largest absolute Gasteiger partial charge is 0.368 e. The zero-order chi connectivity index (χ0) is 24.4. The molecule has 2 aromatic carbocycles. The van der Waals surface area contributed by atoms with Crippen molar-refractivity contribution < 1.29 is 4.79 Å². The Morgan fingerprint density at radius 3 is 2.20 bits per heavy atom. The van der Waals surface area contributed by atoms with Crippen LogP contribution in [0.25, 0.3) is 0 Å². The van der Waals surface area contributed by atoms with Crippen LogP contribution in [0.15, 0.2) is 76.9 Å². The first kappa shape index (κ1) is 23.5. The topological polar surface area (TPSA) is 51.2 Å². The van der Waals surface area contributed by atoms with Gasteiger partial charge in [-0.05, 0) is 55.3 Å². The van der Waals surface area contributed by atoms with Crippen molar-refractivity contribution in [2.75, 3.05) is 36.0 Å². The molecule has 1 fully saturated rings. The number of carbonyl (C=O) groups is 1. The average Bonchev–Trinajstić information content (AvgIpc) is 3.26. The Hall–Kier alpha value is -3.25. The van der Waals surface area contributed by atoms with E-state index < -0.39 is 0 Å². The van der Waals surface area contributed by atoms with Gasteiger partial charge in [-0.3, -0.25) is 9.79 Å². The van der Waals surface area contributed by atoms with E-state index in [-0.39, 0.29) is 18.0 Å². The monoisotopic (exact) mass is 489 g/mol. The summed E-state index contributed by atoms with van der Waals surface area (Å²) in [5.74, 6) is 0.749. The number of amidine groups is 1. The fourth-order valence-electron chi connectivity index (χ4n) is 4.95. The van der Waals surface area contributed by atoms with Gasteiger partial charge in [0.05, 0.1) is 6.04 Å². The fraction of sp³-hybridized carbons (Fsp3) is 0.357. The van der Waals surface area contributed by atoms with Gasteiger partial charge in [0.25, 0.3) is 0 Å². The van der Waals surface area contributed by atoms with Crippen LogP contribution in [0.3, 0.4) is 0 Å². The van der Waals surface area contributed by atoms with Gasteiger partial charge < -0.3 is 20.0 Å². The molecule has 1 N–H and O–H groups in total. The summed E-state index contributed by atoms with van der Waals surface area (Å²) < 4.78 is 0. The second-order valence-corrected chi connectivity index (χ2v) is 9.79. The molecule has 7 heteroatoms. The number of nitrogens with zero attached hydrogens (tertiary/aromatic N) is 4. The minimum absolute atomic E-state index is 0.0111. The van der Waals surface area contributed by atoms with Crippen LogP contribution in [0.2, 0.25) is 0 Å². The number of hydrogen-bond acceptors (Lipinski definition) is 5. The summed E-state index contributed by atoms with van der Waals surface area (Å²) in [5, 5.41) is 3.75. The molecule has 5 rings (SSSR count). The normalized spacial score (nSPS) is 21.5. The fourth-order valence-corrected chi connectivity index (χ4v) is 5.11. The van der Waals surface area contributed by atoms with E-state index in [1.807, 2.05) is 17.2 Å². The molecule has 0 aliphatic carbocycles. The molecule has 0 spiro atoms. The summed E-state index contributed by atoms with van der Waals surface area (Å²) in [4.78, 5) is 24.6. The van der Waals surface area contributed by atoms with Crippen LogP contribution in [0.5, 0.6) is 0 Å². The Balaban J connectivity index is 1.14. The molecular formula is C28H32ClN5O. The van der Waals surface area contributed by atoms with Crippen molar-refractivity contribution in [1.82, 2.24) is 10.2 Å². The van der Waals surface area contributed by atoms with Gasteiger partial charge in [-0.2, -0.15) is 0 Å². The van der Waals surface area contributed by atoms with Gasteiger partial charge in [-0.1, -0.05) is 48.4 Å². The maximum Gasteiger partial charge on any atom is 0.245 e. The molecule has 3 heterocycles. The Morgan fingerprint density at radius 1 is 1.00 bits per heavy atom. The summed E-state index contributed by atoms with van der Waals surface area (Å²) in [5.41, 5.74) is 4.90. The number of fused-ring (bicyclic) bond motifs is 1. The summed E-state index contributed by atoms with van der Waals surface area (Å²) in [6, 6.07) is 16.9. The number of aliphatic imine (C=N–C) groups is 1. The Morgan fingerprint density at radius 2 is 1.60 bits per heavy atom. The first-order valence-electron chi connectivity index (χ1n) is 12.4. The van der Waals surface area contributed by atoms with Gasteiger partial charge in [0.2, 0.25) is 5.91 Å². The highest BCUT2D eigenvalue weighted by Gasteiger charge is 2.39. The van der Waals surface area contributed by atoms with Crippen LogP contribution >= 0.6 is 11.6 Å². The number of anilines is 2. The molecule has 0 radical (unpaired) electrons. The number of piperazine rings is 1. The van der Waals surface area contributed by atoms with Crippen molar-refractivity contribution in [3.63, 3.8) is 0 Å². The summed E-state index contributed by atoms with van der Waals surface area (Å²) in [7, 11) is 0. The Bertz CT molecular complexity index is 1150. The first-order chi connectivity index (χ1) is 17.0. The van der Waals surface area contributed by atoms with Gasteiger partial charge in [0.1, 0.15) is 11.9 Å². The third kappa shape index (κ3) is 5.08. The van der Waals surface area contributed by atoms with E-state index in [4.69, 9.17) is 11.6 Å². The summed E-state index contributed by atoms with van der Waals surface area (Å²) >= 11 is 6.11. The highest BCUT2D eigenvalue weighted by Crippen LogP contribution is 2.27. The third-order valence-corrected chi connectivity index (χ3v) is 7.26. The van der Waals surface area contributed by atoms with Crippen molar-refractivity contribution in [2.45, 2.75) is 38.9 Å². The number of amides is 1. The van der Waals surface area contributed by atoms with Gasteiger partial charge in [0.15, 0.2) is 0 Å². The van der Waals surface area contributed by atoms with Crippen molar-refractivity contribution in [1.29, 1.82) is 0 Å². The molecule has 3 aliphatic rings. The second-order valence-electron chi connectivity index (χ2n) is 9.35. The van der Waals surface area contributed by atoms with Crippen LogP contribution in [-0.4, -0.2) is 54.9 Å². The molecule has 3 aliphatic heterocycles. The molecule has 0 aromatic heterocycles. The van der Waals surface area contributed by atoms with E-state index in [1.54, 1.807) is 6.08 Å². The molecule has 35 heavy (non-hydrogen) atoms. The minimum Gasteiger partial charge on any atom is -0.368 e. The molecular weight excluding hydrogens is 458 g/mol. The number of halogens is 1. The maximum atomic E-state index is 13.1. The maximum absolute atomic E-state index is 13.1. The lowest BCUT2D eigenvalue weighted by Gasteiger charge is -2.37. The van der Waals surface area contributed by atoms with Crippen molar-refractivity contribution in [2.24, 2.45) is 4.99 Å². The number of benzene rings is 2. The zero-order valence-corrected chi connectivity index (χ0v) is 21.1. The lowest BCUT2D eigenvalue weighted by Crippen LogP contribution is -2.48. The minimum atomic E-state index is -0.337.